The number of ketones is 3. The maximum Gasteiger partial charge on any atom is 0.167 e. The topological polar surface area (TPSA) is 177 Å². The van der Waals surface area contributed by atoms with Gasteiger partial charge in [-0.25, -0.2) is 0 Å². The normalized spacial score (nSPS) is 8.91. The molecule has 0 aromatic heterocycles. The standard InChI is InChI=1S/C10H12O2.C9H11NO2.C7H8O.C3H5ClO.ClHN4.ClH/c1-8-3-5-10(6-4-8)12-7-9(2)11;1-7(11)6-12-9-4-2-8(10)3-5-9;1-6-2-4-7(8)5-3-6;1-3(5)2-4;1-3-5-4-2;/h3-6H,7H2,1-2H3;2-5H,6,10H2,1H3;2-5,8H,1H3;2H2,1H3;2H;1H. The van der Waals surface area contributed by atoms with Gasteiger partial charge in [0.15, 0.2) is 11.6 Å². The molecule has 11 nitrogen and oxygen atoms in total. The fourth-order valence-electron chi connectivity index (χ4n) is 2.13. The van der Waals surface area contributed by atoms with Crippen molar-refractivity contribution in [2.24, 2.45) is 15.1 Å². The van der Waals surface area contributed by atoms with E-state index in [-0.39, 0.29) is 48.9 Å². The molecule has 0 bridgehead atoms. The number of hydrogen-bond donors (Lipinski definition) is 3. The van der Waals surface area contributed by atoms with E-state index >= 15 is 0 Å². The zero-order chi connectivity index (χ0) is 32.3. The van der Waals surface area contributed by atoms with Crippen LogP contribution in [0.1, 0.15) is 31.9 Å². The number of alkyl halides is 1. The highest BCUT2D eigenvalue weighted by molar-refractivity contribution is 6.27. The fraction of sp³-hybridized carbons (Fsp3) is 0.276. The summed E-state index contributed by atoms with van der Waals surface area (Å²) >= 11 is 9.53. The average molecular weight is 659 g/mol. The Bertz CT molecular complexity index is 1130. The van der Waals surface area contributed by atoms with Crippen LogP contribution in [0, 0.1) is 19.4 Å². The lowest BCUT2D eigenvalue weighted by molar-refractivity contribution is -0.119. The van der Waals surface area contributed by atoms with Gasteiger partial charge in [0.05, 0.1) is 17.7 Å². The summed E-state index contributed by atoms with van der Waals surface area (Å²) in [5, 5.41) is 13.8. The summed E-state index contributed by atoms with van der Waals surface area (Å²) in [6.45, 7) is 8.71. The third-order valence-electron chi connectivity index (χ3n) is 4.09. The van der Waals surface area contributed by atoms with Crippen LogP contribution in [0.4, 0.5) is 5.69 Å². The molecule has 0 aliphatic carbocycles. The number of nitrogens with two attached hydrogens (primary N) is 1. The number of aromatic hydroxyl groups is 1. The van der Waals surface area contributed by atoms with Crippen LogP contribution in [0.25, 0.3) is 0 Å². The molecule has 3 aromatic carbocycles. The Labute approximate surface area is 268 Å². The molecule has 0 amide bonds. The summed E-state index contributed by atoms with van der Waals surface area (Å²) in [4.78, 5) is 30.8. The van der Waals surface area contributed by atoms with Crippen molar-refractivity contribution < 1.29 is 29.0 Å². The van der Waals surface area contributed by atoms with E-state index in [0.29, 0.717) is 17.2 Å². The van der Waals surface area contributed by atoms with Crippen molar-refractivity contribution in [1.29, 1.82) is 5.53 Å². The van der Waals surface area contributed by atoms with Crippen molar-refractivity contribution in [3.05, 3.63) is 83.9 Å². The zero-order valence-corrected chi connectivity index (χ0v) is 26.9. The maximum absolute atomic E-state index is 10.6. The Morgan fingerprint density at radius 2 is 1.12 bits per heavy atom. The minimum atomic E-state index is 0. The van der Waals surface area contributed by atoms with Crippen molar-refractivity contribution in [2.45, 2.75) is 34.6 Å². The van der Waals surface area contributed by atoms with Crippen molar-refractivity contribution in [3.8, 4) is 17.2 Å². The van der Waals surface area contributed by atoms with Crippen molar-refractivity contribution in [1.82, 2.24) is 0 Å². The van der Waals surface area contributed by atoms with Gasteiger partial charge in [0.2, 0.25) is 0 Å². The highest BCUT2D eigenvalue weighted by Gasteiger charge is 1.96. The number of phenols is 1. The van der Waals surface area contributed by atoms with Crippen molar-refractivity contribution >= 4 is 58.8 Å². The largest absolute Gasteiger partial charge is 0.508 e. The molecule has 3 aromatic rings. The number of nitrogen functional groups attached to an aromatic ring is 1. The second kappa shape index (κ2) is 28.1. The maximum atomic E-state index is 10.6. The lowest BCUT2D eigenvalue weighted by Gasteiger charge is -2.02. The van der Waals surface area contributed by atoms with Gasteiger partial charge in [-0.05, 0) is 93.6 Å². The van der Waals surface area contributed by atoms with Crippen LogP contribution >= 0.6 is 35.8 Å². The molecule has 0 saturated heterocycles. The minimum absolute atomic E-state index is 0. The molecular weight excluding hydrogens is 621 g/mol. The van der Waals surface area contributed by atoms with Crippen molar-refractivity contribution in [3.63, 3.8) is 0 Å². The second-order valence-corrected chi connectivity index (χ2v) is 8.72. The number of ether oxygens (including phenoxy) is 2. The van der Waals surface area contributed by atoms with Crippen LogP contribution < -0.4 is 15.2 Å². The van der Waals surface area contributed by atoms with Crippen LogP contribution in [-0.2, 0) is 14.4 Å². The summed E-state index contributed by atoms with van der Waals surface area (Å²) in [5.41, 5.74) is 14.4. The van der Waals surface area contributed by atoms with Crippen LogP contribution in [0.15, 0.2) is 87.9 Å². The number of nitrogens with one attached hydrogen (secondary N) is 1. The number of Topliss-reactive ketones (excluding diaryl/α,β-unsaturated/α-hetero) is 3. The third-order valence-corrected chi connectivity index (χ3v) is 4.53. The van der Waals surface area contributed by atoms with Gasteiger partial charge < -0.3 is 20.3 Å². The van der Waals surface area contributed by atoms with Gasteiger partial charge in [-0.15, -0.1) is 24.0 Å². The first-order chi connectivity index (χ1) is 19.8. The van der Waals surface area contributed by atoms with Crippen LogP contribution in [0.3, 0.4) is 0 Å². The Hall–Kier alpha value is -4.06. The van der Waals surface area contributed by atoms with Gasteiger partial charge in [0.25, 0.3) is 0 Å². The quantitative estimate of drug-likeness (QED) is 0.0962. The van der Waals surface area contributed by atoms with E-state index in [9.17, 15) is 14.4 Å². The molecule has 0 heterocycles. The van der Waals surface area contributed by atoms with Crippen LogP contribution in [0.2, 0.25) is 0 Å². The Morgan fingerprint density at radius 3 is 1.37 bits per heavy atom. The molecule has 0 aliphatic rings. The number of rotatable bonds is 8. The van der Waals surface area contributed by atoms with Crippen LogP contribution in [-0.4, -0.2) is 41.6 Å². The number of carbonyl (C=O) groups is 3. The number of hydrogen-bond acceptors (Lipinski definition) is 9. The average Bonchev–Trinajstić information content (AvgIpc) is 2.96. The number of benzene rings is 3. The predicted octanol–water partition coefficient (Wildman–Crippen LogP) is 7.67. The number of aryl methyl sites for hydroxylation is 2. The van der Waals surface area contributed by atoms with E-state index in [0.717, 1.165) is 5.75 Å². The first-order valence-electron chi connectivity index (χ1n) is 12.2. The monoisotopic (exact) mass is 657 g/mol. The molecule has 0 saturated carbocycles. The Balaban J connectivity index is -0.000000485. The van der Waals surface area contributed by atoms with E-state index in [1.807, 2.05) is 50.2 Å². The molecule has 0 atom stereocenters. The van der Waals surface area contributed by atoms with Gasteiger partial charge in [0.1, 0.15) is 36.2 Å². The molecule has 0 aliphatic heterocycles. The van der Waals surface area contributed by atoms with E-state index < -0.39 is 0 Å². The molecule has 3 rings (SSSR count). The fourth-order valence-corrected chi connectivity index (χ4v) is 2.16. The highest BCUT2D eigenvalue weighted by Crippen LogP contribution is 2.13. The van der Waals surface area contributed by atoms with E-state index in [4.69, 9.17) is 37.4 Å². The molecular formula is C29H38Cl3N5O6. The summed E-state index contributed by atoms with van der Waals surface area (Å²) < 4.78 is 12.9. The first kappa shape index (κ1) is 43.4. The first-order valence-corrected chi connectivity index (χ1v) is 13.1. The number of phenolic OH excluding ortho intramolecular Hbond substituents is 1. The Kier molecular flexibility index (Phi) is 28.3. The summed E-state index contributed by atoms with van der Waals surface area (Å²) in [5.74, 6) is 1.94. The molecule has 0 fully saturated rings. The van der Waals surface area contributed by atoms with Gasteiger partial charge in [-0.2, -0.15) is 5.53 Å². The summed E-state index contributed by atoms with van der Waals surface area (Å²) in [7, 11) is 0. The predicted molar refractivity (Wildman–Crippen MR) is 172 cm³/mol. The molecule has 236 valence electrons. The number of nitrogens with zero attached hydrogens (tertiary/aromatic N) is 3. The lowest BCUT2D eigenvalue weighted by atomic mass is 10.2. The van der Waals surface area contributed by atoms with Gasteiger partial charge in [0, 0.05) is 5.69 Å². The van der Waals surface area contributed by atoms with E-state index in [1.54, 1.807) is 36.4 Å². The lowest BCUT2D eigenvalue weighted by Crippen LogP contribution is -2.06. The third kappa shape index (κ3) is 30.7. The molecule has 0 unspecified atom stereocenters. The van der Waals surface area contributed by atoms with E-state index in [1.165, 1.54) is 31.9 Å². The highest BCUT2D eigenvalue weighted by atomic mass is 35.5. The number of halogens is 3. The molecule has 43 heavy (non-hydrogen) atoms. The van der Waals surface area contributed by atoms with Gasteiger partial charge in [-0.3, -0.25) is 14.4 Å². The molecule has 0 radical (unpaired) electrons. The van der Waals surface area contributed by atoms with Crippen LogP contribution in [0.5, 0.6) is 17.2 Å². The minimum Gasteiger partial charge on any atom is -0.508 e. The summed E-state index contributed by atoms with van der Waals surface area (Å²) in [6.07, 6.45) is 0. The number of carbonyl (C=O) groups excluding carboxylic acids is 3. The zero-order valence-electron chi connectivity index (χ0n) is 24.6. The van der Waals surface area contributed by atoms with Crippen molar-refractivity contribution in [2.75, 3.05) is 24.8 Å². The second-order valence-electron chi connectivity index (χ2n) is 8.30. The van der Waals surface area contributed by atoms with E-state index in [2.05, 4.69) is 26.9 Å². The SMILES string of the molecule is CC(=O)CCl.CC(=O)COc1ccc(C)cc1.CC(=O)COc1ccc(N)cc1.Cc1ccc(O)cc1.Cl.N=NN=NCl. The molecule has 0 spiro atoms. The Morgan fingerprint density at radius 1 is 0.767 bits per heavy atom. The number of anilines is 1. The van der Waals surface area contributed by atoms with Gasteiger partial charge >= 0.3 is 0 Å². The smallest absolute Gasteiger partial charge is 0.167 e. The molecule has 14 heteroatoms. The summed E-state index contributed by atoms with van der Waals surface area (Å²) in [6, 6.07) is 21.7. The van der Waals surface area contributed by atoms with Gasteiger partial charge in [-0.1, -0.05) is 40.0 Å². The molecule has 4 N–H and O–H groups in total.